The second kappa shape index (κ2) is 3.75. The lowest BCUT2D eigenvalue weighted by Gasteiger charge is -2.09. The molecule has 1 aromatic carbocycles. The van der Waals surface area contributed by atoms with Gasteiger partial charge in [0.25, 0.3) is 0 Å². The highest BCUT2D eigenvalue weighted by molar-refractivity contribution is 6.31. The summed E-state index contributed by atoms with van der Waals surface area (Å²) in [7, 11) is 0. The predicted molar refractivity (Wildman–Crippen MR) is 49.6 cm³/mol. The van der Waals surface area contributed by atoms with E-state index in [1.54, 1.807) is 0 Å². The molecule has 1 aromatic heterocycles. The molecule has 2 rings (SSSR count). The van der Waals surface area contributed by atoms with E-state index in [9.17, 15) is 13.2 Å². The number of nitrogens with one attached hydrogen (secondary N) is 1. The Labute approximate surface area is 92.4 Å². The summed E-state index contributed by atoms with van der Waals surface area (Å²) < 4.78 is 37.6. The quantitative estimate of drug-likeness (QED) is 0.844. The van der Waals surface area contributed by atoms with E-state index in [4.69, 9.17) is 11.6 Å². The molecule has 84 valence electrons. The molecule has 0 aliphatic carbocycles. The van der Waals surface area contributed by atoms with Crippen LogP contribution in [0, 0.1) is 0 Å². The highest BCUT2D eigenvalue weighted by Gasteiger charge is 2.33. The van der Waals surface area contributed by atoms with Gasteiger partial charge in [0.2, 0.25) is 0 Å². The van der Waals surface area contributed by atoms with Gasteiger partial charge in [-0.25, -0.2) is 5.10 Å². The van der Waals surface area contributed by atoms with Crippen LogP contribution >= 0.6 is 11.6 Å². The number of benzene rings is 1. The standard InChI is InChI=1S/C8H4ClF3N4/c9-6-2-1-4(7-13-15-16-14-7)3-5(6)8(10,11)12/h1-3H,(H,13,14,15,16). The lowest BCUT2D eigenvalue weighted by Crippen LogP contribution is -2.06. The fraction of sp³-hybridized carbons (Fsp3) is 0.125. The molecule has 0 aliphatic rings. The topological polar surface area (TPSA) is 54.5 Å². The number of aromatic amines is 1. The maximum atomic E-state index is 12.5. The first-order valence-corrected chi connectivity index (χ1v) is 4.47. The number of alkyl halides is 3. The minimum Gasteiger partial charge on any atom is -0.239 e. The van der Waals surface area contributed by atoms with Crippen LogP contribution in [0.15, 0.2) is 18.2 Å². The third kappa shape index (κ3) is 1.99. The summed E-state index contributed by atoms with van der Waals surface area (Å²) in [5.74, 6) is 0.155. The fourth-order valence-corrected chi connectivity index (χ4v) is 1.40. The third-order valence-electron chi connectivity index (χ3n) is 1.89. The smallest absolute Gasteiger partial charge is 0.239 e. The van der Waals surface area contributed by atoms with E-state index in [0.29, 0.717) is 0 Å². The van der Waals surface area contributed by atoms with Crippen molar-refractivity contribution in [2.45, 2.75) is 6.18 Å². The number of rotatable bonds is 1. The number of halogens is 4. The number of nitrogens with zero attached hydrogens (tertiary/aromatic N) is 3. The summed E-state index contributed by atoms with van der Waals surface area (Å²) >= 11 is 5.46. The van der Waals surface area contributed by atoms with Crippen molar-refractivity contribution in [2.24, 2.45) is 0 Å². The van der Waals surface area contributed by atoms with E-state index in [1.165, 1.54) is 6.07 Å². The molecule has 0 saturated carbocycles. The van der Waals surface area contributed by atoms with Gasteiger partial charge in [0.1, 0.15) is 0 Å². The van der Waals surface area contributed by atoms with Gasteiger partial charge in [-0.1, -0.05) is 11.6 Å². The summed E-state index contributed by atoms with van der Waals surface area (Å²) in [5, 5.41) is 12.1. The van der Waals surface area contributed by atoms with Gasteiger partial charge < -0.3 is 0 Å². The molecular formula is C8H4ClF3N4. The molecule has 16 heavy (non-hydrogen) atoms. The average molecular weight is 249 g/mol. The van der Waals surface area contributed by atoms with Crippen LogP contribution in [0.3, 0.4) is 0 Å². The first-order chi connectivity index (χ1) is 7.48. The van der Waals surface area contributed by atoms with Crippen LogP contribution < -0.4 is 0 Å². The Balaban J connectivity index is 2.52. The summed E-state index contributed by atoms with van der Waals surface area (Å²) in [6.07, 6.45) is -4.50. The predicted octanol–water partition coefficient (Wildman–Crippen LogP) is 2.54. The van der Waals surface area contributed by atoms with Crippen molar-refractivity contribution in [2.75, 3.05) is 0 Å². The molecule has 1 N–H and O–H groups in total. The van der Waals surface area contributed by atoms with E-state index >= 15 is 0 Å². The molecule has 0 unspecified atom stereocenters. The maximum absolute atomic E-state index is 12.5. The van der Waals surface area contributed by atoms with Crippen LogP contribution in [0.1, 0.15) is 5.56 Å². The molecule has 0 radical (unpaired) electrons. The van der Waals surface area contributed by atoms with Crippen molar-refractivity contribution < 1.29 is 13.2 Å². The Morgan fingerprint density at radius 3 is 2.56 bits per heavy atom. The molecule has 0 amide bonds. The molecule has 0 fully saturated rings. The summed E-state index contributed by atoms with van der Waals surface area (Å²) in [4.78, 5) is 0. The fourth-order valence-electron chi connectivity index (χ4n) is 1.17. The molecule has 0 atom stereocenters. The SMILES string of the molecule is FC(F)(F)c1cc(-c2nnn[nH]2)ccc1Cl. The largest absolute Gasteiger partial charge is 0.417 e. The lowest BCUT2D eigenvalue weighted by atomic mass is 10.1. The van der Waals surface area contributed by atoms with Gasteiger partial charge in [0.15, 0.2) is 5.82 Å². The molecule has 0 saturated heterocycles. The molecule has 4 nitrogen and oxygen atoms in total. The van der Waals surface area contributed by atoms with Crippen molar-refractivity contribution >= 4 is 11.6 Å². The Kier molecular flexibility index (Phi) is 2.55. The van der Waals surface area contributed by atoms with Crippen molar-refractivity contribution in [3.8, 4) is 11.4 Å². The maximum Gasteiger partial charge on any atom is 0.417 e. The first kappa shape index (κ1) is 10.9. The number of hydrogen-bond acceptors (Lipinski definition) is 3. The normalized spacial score (nSPS) is 11.8. The zero-order valence-electron chi connectivity index (χ0n) is 7.59. The molecule has 2 aromatic rings. The molecule has 0 spiro atoms. The highest BCUT2D eigenvalue weighted by Crippen LogP contribution is 2.36. The van der Waals surface area contributed by atoms with Gasteiger partial charge in [-0.3, -0.25) is 0 Å². The second-order valence-electron chi connectivity index (χ2n) is 2.94. The van der Waals surface area contributed by atoms with Gasteiger partial charge in [-0.2, -0.15) is 13.2 Å². The van der Waals surface area contributed by atoms with Crippen molar-refractivity contribution in [3.05, 3.63) is 28.8 Å². The molecular weight excluding hydrogens is 245 g/mol. The van der Waals surface area contributed by atoms with Crippen LogP contribution in [-0.4, -0.2) is 20.6 Å². The van der Waals surface area contributed by atoms with Gasteiger partial charge in [-0.05, 0) is 28.6 Å². The van der Waals surface area contributed by atoms with E-state index in [1.807, 2.05) is 0 Å². The van der Waals surface area contributed by atoms with Crippen LogP contribution in [-0.2, 0) is 6.18 Å². The van der Waals surface area contributed by atoms with Gasteiger partial charge >= 0.3 is 6.18 Å². The van der Waals surface area contributed by atoms with Crippen LogP contribution in [0.2, 0.25) is 5.02 Å². The Morgan fingerprint density at radius 2 is 2.00 bits per heavy atom. The average Bonchev–Trinajstić information content (AvgIpc) is 2.69. The van der Waals surface area contributed by atoms with Crippen molar-refractivity contribution in [1.82, 2.24) is 20.6 Å². The monoisotopic (exact) mass is 248 g/mol. The lowest BCUT2D eigenvalue weighted by molar-refractivity contribution is -0.137. The minimum absolute atomic E-state index is 0.155. The Hall–Kier alpha value is -1.63. The van der Waals surface area contributed by atoms with Crippen molar-refractivity contribution in [1.29, 1.82) is 0 Å². The minimum atomic E-state index is -4.50. The number of tetrazole rings is 1. The van der Waals surface area contributed by atoms with E-state index in [0.717, 1.165) is 12.1 Å². The summed E-state index contributed by atoms with van der Waals surface area (Å²) in [6.45, 7) is 0. The number of H-pyrrole nitrogens is 1. The van der Waals surface area contributed by atoms with Crippen LogP contribution in [0.25, 0.3) is 11.4 Å². The zero-order valence-corrected chi connectivity index (χ0v) is 8.34. The summed E-state index contributed by atoms with van der Waals surface area (Å²) in [5.41, 5.74) is -0.690. The van der Waals surface area contributed by atoms with Gasteiger partial charge in [-0.15, -0.1) is 5.10 Å². The molecule has 0 bridgehead atoms. The summed E-state index contributed by atoms with van der Waals surface area (Å²) in [6, 6.07) is 3.45. The molecule has 8 heteroatoms. The Bertz CT molecular complexity index is 494. The van der Waals surface area contributed by atoms with Crippen LogP contribution in [0.5, 0.6) is 0 Å². The van der Waals surface area contributed by atoms with Crippen molar-refractivity contribution in [3.63, 3.8) is 0 Å². The first-order valence-electron chi connectivity index (χ1n) is 4.09. The van der Waals surface area contributed by atoms with E-state index < -0.39 is 11.7 Å². The van der Waals surface area contributed by atoms with Gasteiger partial charge in [0.05, 0.1) is 10.6 Å². The second-order valence-corrected chi connectivity index (χ2v) is 3.35. The molecule has 0 aliphatic heterocycles. The Morgan fingerprint density at radius 1 is 1.25 bits per heavy atom. The van der Waals surface area contributed by atoms with Crippen LogP contribution in [0.4, 0.5) is 13.2 Å². The van der Waals surface area contributed by atoms with E-state index in [2.05, 4.69) is 20.6 Å². The molecule has 1 heterocycles. The van der Waals surface area contributed by atoms with Gasteiger partial charge in [0, 0.05) is 5.56 Å². The zero-order chi connectivity index (χ0) is 11.8. The third-order valence-corrected chi connectivity index (χ3v) is 2.22. The number of hydrogen-bond donors (Lipinski definition) is 1. The highest BCUT2D eigenvalue weighted by atomic mass is 35.5. The van der Waals surface area contributed by atoms with E-state index in [-0.39, 0.29) is 16.4 Å². The number of aromatic nitrogens is 4.